The van der Waals surface area contributed by atoms with Crippen molar-refractivity contribution in [1.29, 1.82) is 0 Å². The summed E-state index contributed by atoms with van der Waals surface area (Å²) in [5.74, 6) is 0.719. The first-order valence-corrected chi connectivity index (χ1v) is 7.44. The first-order valence-electron chi connectivity index (χ1n) is 7.44. The second-order valence-electron chi connectivity index (χ2n) is 5.83. The zero-order valence-electron chi connectivity index (χ0n) is 12.5. The van der Waals surface area contributed by atoms with Crippen molar-refractivity contribution >= 4 is 11.4 Å². The first-order chi connectivity index (χ1) is 10.1. The molecule has 21 heavy (non-hydrogen) atoms. The summed E-state index contributed by atoms with van der Waals surface area (Å²) in [5, 5.41) is 0. The van der Waals surface area contributed by atoms with Crippen LogP contribution >= 0.6 is 0 Å². The lowest BCUT2D eigenvalue weighted by Gasteiger charge is -2.13. The van der Waals surface area contributed by atoms with E-state index in [1.807, 2.05) is 6.20 Å². The standard InChI is InChI=1S/C18H20N2O/c1-12-4-3-5-16(13(12)2)17(18-10-19-11-20-18)9-14-6-7-15(21)8-14/h3-5,9-11,14H,6-8H2,1-2H3,(H,19,20)/b17-9-. The number of rotatable bonds is 3. The lowest BCUT2D eigenvalue weighted by molar-refractivity contribution is -0.117. The quantitative estimate of drug-likeness (QED) is 0.928. The van der Waals surface area contributed by atoms with E-state index in [1.165, 1.54) is 16.7 Å². The maximum atomic E-state index is 11.5. The molecular formula is C18H20N2O. The zero-order valence-corrected chi connectivity index (χ0v) is 12.5. The molecule has 3 rings (SSSR count). The summed E-state index contributed by atoms with van der Waals surface area (Å²) in [6.07, 6.45) is 8.15. The van der Waals surface area contributed by atoms with Crippen molar-refractivity contribution in [3.63, 3.8) is 0 Å². The number of imidazole rings is 1. The smallest absolute Gasteiger partial charge is 0.133 e. The number of aromatic nitrogens is 2. The number of Topliss-reactive ketones (excluding diaryl/α,β-unsaturated/α-hetero) is 1. The molecule has 1 aliphatic rings. The van der Waals surface area contributed by atoms with Gasteiger partial charge in [-0.05, 0) is 42.9 Å². The number of ketones is 1. The van der Waals surface area contributed by atoms with E-state index in [0.29, 0.717) is 24.5 Å². The van der Waals surface area contributed by atoms with Gasteiger partial charge >= 0.3 is 0 Å². The van der Waals surface area contributed by atoms with Gasteiger partial charge in [0, 0.05) is 18.4 Å². The van der Waals surface area contributed by atoms with Crippen molar-refractivity contribution in [2.75, 3.05) is 0 Å². The zero-order chi connectivity index (χ0) is 14.8. The Balaban J connectivity index is 2.07. The number of hydrogen-bond acceptors (Lipinski definition) is 2. The Morgan fingerprint density at radius 2 is 2.24 bits per heavy atom. The van der Waals surface area contributed by atoms with Gasteiger partial charge in [-0.3, -0.25) is 4.79 Å². The molecule has 1 unspecified atom stereocenters. The number of benzene rings is 1. The van der Waals surface area contributed by atoms with Crippen LogP contribution in [0.5, 0.6) is 0 Å². The van der Waals surface area contributed by atoms with Gasteiger partial charge in [-0.25, -0.2) is 4.98 Å². The van der Waals surface area contributed by atoms with Crippen LogP contribution in [-0.4, -0.2) is 15.8 Å². The molecule has 1 atom stereocenters. The molecule has 1 aliphatic carbocycles. The van der Waals surface area contributed by atoms with Crippen LogP contribution in [0.4, 0.5) is 0 Å². The minimum atomic E-state index is 0.343. The van der Waals surface area contributed by atoms with Gasteiger partial charge in [0.1, 0.15) is 5.78 Å². The van der Waals surface area contributed by atoms with Gasteiger partial charge in [-0.1, -0.05) is 24.3 Å². The average molecular weight is 280 g/mol. The van der Waals surface area contributed by atoms with E-state index in [4.69, 9.17) is 0 Å². The molecule has 0 bridgehead atoms. The van der Waals surface area contributed by atoms with Crippen LogP contribution in [0.15, 0.2) is 36.8 Å². The summed E-state index contributed by atoms with van der Waals surface area (Å²) in [6.45, 7) is 4.27. The molecule has 0 aliphatic heterocycles. The number of nitrogens with zero attached hydrogens (tertiary/aromatic N) is 1. The molecule has 1 N–H and O–H groups in total. The second-order valence-corrected chi connectivity index (χ2v) is 5.83. The fourth-order valence-electron chi connectivity index (χ4n) is 2.99. The summed E-state index contributed by atoms with van der Waals surface area (Å²) in [6, 6.07) is 6.36. The van der Waals surface area contributed by atoms with E-state index in [-0.39, 0.29) is 0 Å². The summed E-state index contributed by atoms with van der Waals surface area (Å²) in [5.41, 5.74) is 5.96. The van der Waals surface area contributed by atoms with Crippen molar-refractivity contribution in [2.45, 2.75) is 33.1 Å². The van der Waals surface area contributed by atoms with Gasteiger partial charge in [0.25, 0.3) is 0 Å². The average Bonchev–Trinajstić information content (AvgIpc) is 3.11. The van der Waals surface area contributed by atoms with Gasteiger partial charge in [-0.15, -0.1) is 0 Å². The van der Waals surface area contributed by atoms with Crippen LogP contribution < -0.4 is 0 Å². The maximum absolute atomic E-state index is 11.5. The van der Waals surface area contributed by atoms with E-state index < -0.39 is 0 Å². The number of hydrogen-bond donors (Lipinski definition) is 1. The Morgan fingerprint density at radius 3 is 2.90 bits per heavy atom. The van der Waals surface area contributed by atoms with E-state index in [9.17, 15) is 4.79 Å². The molecule has 0 spiro atoms. The van der Waals surface area contributed by atoms with Crippen LogP contribution in [0.25, 0.3) is 5.57 Å². The Kier molecular flexibility index (Phi) is 3.74. The predicted molar refractivity (Wildman–Crippen MR) is 83.9 cm³/mol. The number of aromatic amines is 1. The van der Waals surface area contributed by atoms with Crippen LogP contribution in [0.3, 0.4) is 0 Å². The number of carbonyl (C=O) groups excluding carboxylic acids is 1. The van der Waals surface area contributed by atoms with Gasteiger partial charge in [0.15, 0.2) is 0 Å². The molecule has 0 saturated heterocycles. The molecule has 2 aromatic rings. The fraction of sp³-hybridized carbons (Fsp3) is 0.333. The highest BCUT2D eigenvalue weighted by molar-refractivity contribution is 5.83. The lowest BCUT2D eigenvalue weighted by atomic mass is 9.92. The van der Waals surface area contributed by atoms with Gasteiger partial charge in [0.05, 0.1) is 18.2 Å². The van der Waals surface area contributed by atoms with E-state index >= 15 is 0 Å². The van der Waals surface area contributed by atoms with Crippen molar-refractivity contribution in [3.8, 4) is 0 Å². The molecule has 0 radical (unpaired) electrons. The van der Waals surface area contributed by atoms with Gasteiger partial charge < -0.3 is 4.98 Å². The summed E-state index contributed by atoms with van der Waals surface area (Å²) < 4.78 is 0. The van der Waals surface area contributed by atoms with Crippen LogP contribution in [0.1, 0.15) is 41.6 Å². The van der Waals surface area contributed by atoms with Crippen LogP contribution in [0.2, 0.25) is 0 Å². The van der Waals surface area contributed by atoms with E-state index in [1.54, 1.807) is 6.33 Å². The summed E-state index contributed by atoms with van der Waals surface area (Å²) in [7, 11) is 0. The Bertz CT molecular complexity index is 683. The molecule has 108 valence electrons. The number of carbonyl (C=O) groups is 1. The third-order valence-corrected chi connectivity index (χ3v) is 4.37. The maximum Gasteiger partial charge on any atom is 0.133 e. The topological polar surface area (TPSA) is 45.8 Å². The first kappa shape index (κ1) is 13.8. The molecule has 1 fully saturated rings. The molecule has 1 aromatic heterocycles. The molecule has 0 amide bonds. The monoisotopic (exact) mass is 280 g/mol. The second kappa shape index (κ2) is 5.68. The number of H-pyrrole nitrogens is 1. The molecule has 3 heteroatoms. The molecule has 1 aromatic carbocycles. The summed E-state index contributed by atoms with van der Waals surface area (Å²) in [4.78, 5) is 18.9. The number of allylic oxidation sites excluding steroid dienone is 1. The minimum absolute atomic E-state index is 0.343. The molecule has 1 heterocycles. The number of aryl methyl sites for hydroxylation is 1. The predicted octanol–water partition coefficient (Wildman–Crippen LogP) is 3.83. The van der Waals surface area contributed by atoms with Gasteiger partial charge in [-0.2, -0.15) is 0 Å². The normalized spacial score (nSPS) is 19.2. The van der Waals surface area contributed by atoms with Crippen molar-refractivity contribution in [2.24, 2.45) is 5.92 Å². The van der Waals surface area contributed by atoms with Gasteiger partial charge in [0.2, 0.25) is 0 Å². The minimum Gasteiger partial charge on any atom is -0.345 e. The van der Waals surface area contributed by atoms with Crippen LogP contribution in [0, 0.1) is 19.8 Å². The SMILES string of the molecule is Cc1cccc(/C(=C/C2CCC(=O)C2)c2cnc[nH]2)c1C. The van der Waals surface area contributed by atoms with E-state index in [2.05, 4.69) is 48.1 Å². The fourth-order valence-corrected chi connectivity index (χ4v) is 2.99. The molecular weight excluding hydrogens is 260 g/mol. The Morgan fingerprint density at radius 1 is 1.38 bits per heavy atom. The van der Waals surface area contributed by atoms with Crippen molar-refractivity contribution < 1.29 is 4.79 Å². The summed E-state index contributed by atoms with van der Waals surface area (Å²) >= 11 is 0. The highest BCUT2D eigenvalue weighted by Gasteiger charge is 2.22. The lowest BCUT2D eigenvalue weighted by Crippen LogP contribution is -1.98. The molecule has 3 nitrogen and oxygen atoms in total. The number of nitrogens with one attached hydrogen (secondary N) is 1. The third kappa shape index (κ3) is 2.82. The van der Waals surface area contributed by atoms with E-state index in [0.717, 1.165) is 17.7 Å². The molecule has 1 saturated carbocycles. The Hall–Kier alpha value is -2.16. The Labute approximate surface area is 125 Å². The van der Waals surface area contributed by atoms with Crippen LogP contribution in [-0.2, 0) is 4.79 Å². The van der Waals surface area contributed by atoms with Crippen molar-refractivity contribution in [3.05, 3.63) is 59.2 Å². The largest absolute Gasteiger partial charge is 0.345 e. The highest BCUT2D eigenvalue weighted by Crippen LogP contribution is 2.32. The van der Waals surface area contributed by atoms with Crippen molar-refractivity contribution in [1.82, 2.24) is 9.97 Å². The third-order valence-electron chi connectivity index (χ3n) is 4.37. The highest BCUT2D eigenvalue weighted by atomic mass is 16.1.